The molecule has 0 spiro atoms. The Labute approximate surface area is 159 Å². The highest BCUT2D eigenvalue weighted by atomic mass is 16.5. The quantitative estimate of drug-likeness (QED) is 0.737. The summed E-state index contributed by atoms with van der Waals surface area (Å²) in [5, 5.41) is 0. The van der Waals surface area contributed by atoms with Gasteiger partial charge in [0.1, 0.15) is 12.4 Å². The molecule has 1 amide bonds. The SMILES string of the molecule is COC(=O)C(C)CN(Cc1ccccc1)C(=O)C1COc2ccccc2C1. The van der Waals surface area contributed by atoms with Gasteiger partial charge in [0, 0.05) is 13.1 Å². The van der Waals surface area contributed by atoms with Crippen LogP contribution in [0.5, 0.6) is 5.75 Å². The van der Waals surface area contributed by atoms with Crippen LogP contribution in [0.2, 0.25) is 0 Å². The number of rotatable bonds is 6. The van der Waals surface area contributed by atoms with Crippen molar-refractivity contribution in [1.29, 1.82) is 0 Å². The summed E-state index contributed by atoms with van der Waals surface area (Å²) in [6.07, 6.45) is 0.646. The molecule has 0 fully saturated rings. The fourth-order valence-corrected chi connectivity index (χ4v) is 3.39. The van der Waals surface area contributed by atoms with Gasteiger partial charge in [-0.3, -0.25) is 9.59 Å². The molecule has 3 rings (SSSR count). The highest BCUT2D eigenvalue weighted by Gasteiger charge is 2.31. The van der Waals surface area contributed by atoms with Gasteiger partial charge in [0.2, 0.25) is 5.91 Å². The maximum atomic E-state index is 13.3. The van der Waals surface area contributed by atoms with Crippen molar-refractivity contribution < 1.29 is 19.1 Å². The molecule has 0 bridgehead atoms. The minimum Gasteiger partial charge on any atom is -0.492 e. The van der Waals surface area contributed by atoms with Crippen molar-refractivity contribution in [2.75, 3.05) is 20.3 Å². The van der Waals surface area contributed by atoms with Crippen molar-refractivity contribution >= 4 is 11.9 Å². The van der Waals surface area contributed by atoms with E-state index in [0.717, 1.165) is 16.9 Å². The van der Waals surface area contributed by atoms with Crippen LogP contribution in [0.25, 0.3) is 0 Å². The van der Waals surface area contributed by atoms with Gasteiger partial charge in [-0.1, -0.05) is 55.5 Å². The first kappa shape index (κ1) is 19.0. The van der Waals surface area contributed by atoms with Crippen molar-refractivity contribution in [3.8, 4) is 5.75 Å². The number of amides is 1. The van der Waals surface area contributed by atoms with Crippen LogP contribution in [0.4, 0.5) is 0 Å². The second kappa shape index (κ2) is 8.71. The number of carbonyl (C=O) groups excluding carboxylic acids is 2. The summed E-state index contributed by atoms with van der Waals surface area (Å²) in [5.74, 6) is -0.109. The number of hydrogen-bond acceptors (Lipinski definition) is 4. The molecule has 2 aromatic rings. The Morgan fingerprint density at radius 1 is 1.15 bits per heavy atom. The van der Waals surface area contributed by atoms with Gasteiger partial charge in [0.25, 0.3) is 0 Å². The zero-order valence-corrected chi connectivity index (χ0v) is 15.8. The summed E-state index contributed by atoms with van der Waals surface area (Å²) >= 11 is 0. The van der Waals surface area contributed by atoms with Crippen molar-refractivity contribution in [2.24, 2.45) is 11.8 Å². The van der Waals surface area contributed by atoms with Gasteiger partial charge in [-0.15, -0.1) is 0 Å². The average Bonchev–Trinajstić information content (AvgIpc) is 2.72. The number of para-hydroxylation sites is 1. The van der Waals surface area contributed by atoms with E-state index in [9.17, 15) is 9.59 Å². The number of fused-ring (bicyclic) bond motifs is 1. The molecule has 1 heterocycles. The summed E-state index contributed by atoms with van der Waals surface area (Å²) in [6.45, 7) is 2.91. The van der Waals surface area contributed by atoms with Gasteiger partial charge in [-0.25, -0.2) is 0 Å². The van der Waals surface area contributed by atoms with E-state index < -0.39 is 0 Å². The van der Waals surface area contributed by atoms with Gasteiger partial charge in [0.05, 0.1) is 18.9 Å². The monoisotopic (exact) mass is 367 g/mol. The lowest BCUT2D eigenvalue weighted by Gasteiger charge is -2.31. The third kappa shape index (κ3) is 4.67. The van der Waals surface area contributed by atoms with Gasteiger partial charge < -0.3 is 14.4 Å². The molecule has 142 valence electrons. The largest absolute Gasteiger partial charge is 0.492 e. The average molecular weight is 367 g/mol. The molecular formula is C22H25NO4. The number of esters is 1. The number of carbonyl (C=O) groups is 2. The van der Waals surface area contributed by atoms with E-state index in [1.165, 1.54) is 7.11 Å². The molecule has 1 aliphatic rings. The van der Waals surface area contributed by atoms with E-state index in [1.807, 2.05) is 54.6 Å². The lowest BCUT2D eigenvalue weighted by Crippen LogP contribution is -2.43. The lowest BCUT2D eigenvalue weighted by molar-refractivity contribution is -0.147. The predicted octanol–water partition coefficient (Wildman–Crippen LogP) is 3.08. The Balaban J connectivity index is 1.76. The molecule has 0 N–H and O–H groups in total. The molecule has 2 atom stereocenters. The summed E-state index contributed by atoms with van der Waals surface area (Å²) in [5.41, 5.74) is 2.07. The van der Waals surface area contributed by atoms with E-state index in [4.69, 9.17) is 9.47 Å². The van der Waals surface area contributed by atoms with Gasteiger partial charge in [0.15, 0.2) is 0 Å². The first-order valence-electron chi connectivity index (χ1n) is 9.19. The number of methoxy groups -OCH3 is 1. The van der Waals surface area contributed by atoms with Crippen LogP contribution in [-0.2, 0) is 27.3 Å². The summed E-state index contributed by atoms with van der Waals surface area (Å²) in [4.78, 5) is 26.9. The zero-order valence-electron chi connectivity index (χ0n) is 15.8. The van der Waals surface area contributed by atoms with Crippen molar-refractivity contribution in [3.63, 3.8) is 0 Å². The highest BCUT2D eigenvalue weighted by Crippen LogP contribution is 2.28. The molecule has 0 aliphatic carbocycles. The second-order valence-corrected chi connectivity index (χ2v) is 6.95. The normalized spacial score (nSPS) is 16.6. The number of ether oxygens (including phenoxy) is 2. The topological polar surface area (TPSA) is 55.8 Å². The third-order valence-electron chi connectivity index (χ3n) is 4.85. The van der Waals surface area contributed by atoms with Crippen molar-refractivity contribution in [3.05, 3.63) is 65.7 Å². The fourth-order valence-electron chi connectivity index (χ4n) is 3.39. The molecule has 0 aromatic heterocycles. The van der Waals surface area contributed by atoms with Gasteiger partial charge in [-0.2, -0.15) is 0 Å². The minimum absolute atomic E-state index is 0.00380. The maximum Gasteiger partial charge on any atom is 0.310 e. The molecule has 2 aromatic carbocycles. The first-order chi connectivity index (χ1) is 13.1. The molecule has 5 heteroatoms. The first-order valence-corrected chi connectivity index (χ1v) is 9.19. The van der Waals surface area contributed by atoms with Crippen LogP contribution in [0.1, 0.15) is 18.1 Å². The molecule has 0 saturated carbocycles. The summed E-state index contributed by atoms with van der Waals surface area (Å²) in [6, 6.07) is 17.6. The van der Waals surface area contributed by atoms with E-state index in [1.54, 1.807) is 11.8 Å². The van der Waals surface area contributed by atoms with Crippen molar-refractivity contribution in [1.82, 2.24) is 4.90 Å². The van der Waals surface area contributed by atoms with E-state index in [-0.39, 0.29) is 23.7 Å². The molecule has 0 saturated heterocycles. The number of nitrogens with zero attached hydrogens (tertiary/aromatic N) is 1. The maximum absolute atomic E-state index is 13.3. The van der Waals surface area contributed by atoms with E-state index >= 15 is 0 Å². The Bertz CT molecular complexity index is 790. The highest BCUT2D eigenvalue weighted by molar-refractivity contribution is 5.81. The minimum atomic E-state index is -0.389. The molecule has 2 unspecified atom stereocenters. The molecule has 5 nitrogen and oxygen atoms in total. The van der Waals surface area contributed by atoms with Gasteiger partial charge in [-0.05, 0) is 23.6 Å². The standard InChI is InChI=1S/C22H25NO4/c1-16(22(25)26-2)13-23(14-17-8-4-3-5-9-17)21(24)19-12-18-10-6-7-11-20(18)27-15-19/h3-11,16,19H,12-15H2,1-2H3. The number of benzene rings is 2. The van der Waals surface area contributed by atoms with Crippen LogP contribution in [0, 0.1) is 11.8 Å². The van der Waals surface area contributed by atoms with Crippen LogP contribution >= 0.6 is 0 Å². The third-order valence-corrected chi connectivity index (χ3v) is 4.85. The second-order valence-electron chi connectivity index (χ2n) is 6.95. The lowest BCUT2D eigenvalue weighted by atomic mass is 9.95. The van der Waals surface area contributed by atoms with E-state index in [2.05, 4.69) is 0 Å². The predicted molar refractivity (Wildman–Crippen MR) is 102 cm³/mol. The Hall–Kier alpha value is -2.82. The molecule has 0 radical (unpaired) electrons. The van der Waals surface area contributed by atoms with Crippen LogP contribution in [0.15, 0.2) is 54.6 Å². The molecule has 27 heavy (non-hydrogen) atoms. The summed E-state index contributed by atoms with van der Waals surface area (Å²) in [7, 11) is 1.37. The Morgan fingerprint density at radius 2 is 1.85 bits per heavy atom. The smallest absolute Gasteiger partial charge is 0.310 e. The zero-order chi connectivity index (χ0) is 19.2. The van der Waals surface area contributed by atoms with E-state index in [0.29, 0.717) is 26.1 Å². The van der Waals surface area contributed by atoms with Crippen LogP contribution < -0.4 is 4.74 Å². The Morgan fingerprint density at radius 3 is 2.59 bits per heavy atom. The van der Waals surface area contributed by atoms with Crippen molar-refractivity contribution in [2.45, 2.75) is 19.9 Å². The Kier molecular flexibility index (Phi) is 6.12. The van der Waals surface area contributed by atoms with Crippen LogP contribution in [0.3, 0.4) is 0 Å². The molecular weight excluding hydrogens is 342 g/mol. The summed E-state index contributed by atoms with van der Waals surface area (Å²) < 4.78 is 10.6. The van der Waals surface area contributed by atoms with Crippen LogP contribution in [-0.4, -0.2) is 37.0 Å². The fraction of sp³-hybridized carbons (Fsp3) is 0.364. The number of hydrogen-bond donors (Lipinski definition) is 0. The molecule has 1 aliphatic heterocycles. The van der Waals surface area contributed by atoms with Gasteiger partial charge >= 0.3 is 5.97 Å².